The third kappa shape index (κ3) is 10.6. The molecule has 0 fully saturated rings. The number of carbonyl (C=O) groups excluding carboxylic acids is 3. The zero-order valence-electron chi connectivity index (χ0n) is 31.6. The average Bonchev–Trinajstić information content (AvgIpc) is 3.63. The van der Waals surface area contributed by atoms with E-state index in [9.17, 15) is 14.4 Å². The lowest BCUT2D eigenvalue weighted by molar-refractivity contribution is -0.129. The Morgan fingerprint density at radius 3 is 1.89 bits per heavy atom. The predicted octanol–water partition coefficient (Wildman–Crippen LogP) is 7.16. The highest BCUT2D eigenvalue weighted by atomic mass is 16.6. The van der Waals surface area contributed by atoms with Crippen molar-refractivity contribution in [2.24, 2.45) is 0 Å². The van der Waals surface area contributed by atoms with Crippen LogP contribution in [0.2, 0.25) is 0 Å². The van der Waals surface area contributed by atoms with Gasteiger partial charge in [-0.15, -0.1) is 0 Å². The SMILES string of the molecule is CCCCOc1ccc(CNC(=O)[C@H](Cc2cn(C(c3ccccc3)(c3ccccc3)c3ccccc3)cn2)NC(=O)CCNC(=O)OC(C)(C)C)cc1. The number of rotatable bonds is 17. The Labute approximate surface area is 318 Å². The van der Waals surface area contributed by atoms with Gasteiger partial charge in [-0.05, 0) is 61.6 Å². The number of ether oxygens (including phenoxy) is 2. The second-order valence-electron chi connectivity index (χ2n) is 14.1. The number of carbonyl (C=O) groups is 3. The van der Waals surface area contributed by atoms with E-state index in [0.717, 1.165) is 40.8 Å². The smallest absolute Gasteiger partial charge is 0.407 e. The monoisotopic (exact) mass is 729 g/mol. The van der Waals surface area contributed by atoms with Crippen molar-refractivity contribution >= 4 is 17.9 Å². The molecule has 282 valence electrons. The van der Waals surface area contributed by atoms with E-state index < -0.39 is 29.2 Å². The Bertz CT molecular complexity index is 1830. The molecule has 1 atom stereocenters. The van der Waals surface area contributed by atoms with Gasteiger partial charge < -0.3 is 30.0 Å². The lowest BCUT2D eigenvalue weighted by Gasteiger charge is -2.37. The maximum Gasteiger partial charge on any atom is 0.407 e. The first kappa shape index (κ1) is 39.3. The van der Waals surface area contributed by atoms with Crippen molar-refractivity contribution in [2.75, 3.05) is 13.2 Å². The molecule has 3 amide bonds. The number of unbranched alkanes of at least 4 members (excludes halogenated alkanes) is 1. The summed E-state index contributed by atoms with van der Waals surface area (Å²) in [5.41, 5.74) is 3.16. The molecule has 0 unspecified atom stereocenters. The topological polar surface area (TPSA) is 124 Å². The highest BCUT2D eigenvalue weighted by Crippen LogP contribution is 2.40. The maximum atomic E-state index is 13.8. The molecule has 54 heavy (non-hydrogen) atoms. The van der Waals surface area contributed by atoms with Gasteiger partial charge in [0, 0.05) is 32.1 Å². The summed E-state index contributed by atoms with van der Waals surface area (Å²) in [6, 6.07) is 37.4. The zero-order valence-corrected chi connectivity index (χ0v) is 31.6. The Morgan fingerprint density at radius 1 is 0.778 bits per heavy atom. The maximum absolute atomic E-state index is 13.8. The van der Waals surface area contributed by atoms with E-state index in [2.05, 4.69) is 63.8 Å². The standard InChI is InChI=1S/C44H51N5O5/c1-5-6-28-53-38-24-22-33(23-25-38)30-46-41(51)39(48-40(50)26-27-45-42(52)54-43(2,3)4)29-37-31-49(32-47-37)44(34-16-10-7-11-17-34,35-18-12-8-13-19-35)36-20-14-9-15-21-36/h7-25,31-32,39H,5-6,26-30H2,1-4H3,(H,45,52)(H,46,51)(H,48,50)/t39-/m0/s1. The van der Waals surface area contributed by atoms with Gasteiger partial charge in [0.2, 0.25) is 11.8 Å². The largest absolute Gasteiger partial charge is 0.494 e. The van der Waals surface area contributed by atoms with Crippen LogP contribution >= 0.6 is 0 Å². The van der Waals surface area contributed by atoms with Gasteiger partial charge in [0.25, 0.3) is 0 Å². The van der Waals surface area contributed by atoms with Crippen molar-refractivity contribution < 1.29 is 23.9 Å². The van der Waals surface area contributed by atoms with Crippen LogP contribution in [-0.2, 0) is 32.8 Å². The van der Waals surface area contributed by atoms with E-state index in [0.29, 0.717) is 12.3 Å². The first-order valence-electron chi connectivity index (χ1n) is 18.5. The highest BCUT2D eigenvalue weighted by Gasteiger charge is 2.38. The minimum absolute atomic E-state index is 0.0455. The number of amides is 3. The normalized spacial score (nSPS) is 12.0. The number of nitrogens with one attached hydrogen (secondary N) is 3. The first-order valence-corrected chi connectivity index (χ1v) is 18.5. The summed E-state index contributed by atoms with van der Waals surface area (Å²) in [6.07, 6.45) is 5.23. The number of aromatic nitrogens is 2. The van der Waals surface area contributed by atoms with Crippen LogP contribution in [0.15, 0.2) is 128 Å². The van der Waals surface area contributed by atoms with E-state index in [1.165, 1.54) is 0 Å². The number of hydrogen-bond donors (Lipinski definition) is 3. The van der Waals surface area contributed by atoms with Crippen LogP contribution in [0.3, 0.4) is 0 Å². The van der Waals surface area contributed by atoms with Crippen molar-refractivity contribution in [1.82, 2.24) is 25.5 Å². The van der Waals surface area contributed by atoms with Crippen molar-refractivity contribution in [1.29, 1.82) is 0 Å². The molecular formula is C44H51N5O5. The van der Waals surface area contributed by atoms with E-state index in [-0.39, 0.29) is 31.8 Å². The van der Waals surface area contributed by atoms with Crippen molar-refractivity contribution in [3.63, 3.8) is 0 Å². The van der Waals surface area contributed by atoms with E-state index in [1.807, 2.05) is 85.1 Å². The summed E-state index contributed by atoms with van der Waals surface area (Å²) in [4.78, 5) is 44.0. The van der Waals surface area contributed by atoms with Crippen LogP contribution in [0, 0.1) is 0 Å². The Morgan fingerprint density at radius 2 is 1.35 bits per heavy atom. The summed E-state index contributed by atoms with van der Waals surface area (Å²) in [5, 5.41) is 8.49. The van der Waals surface area contributed by atoms with Gasteiger partial charge in [-0.1, -0.05) is 116 Å². The third-order valence-electron chi connectivity index (χ3n) is 8.84. The number of nitrogens with zero attached hydrogens (tertiary/aromatic N) is 2. The quantitative estimate of drug-likeness (QED) is 0.0690. The Kier molecular flexibility index (Phi) is 13.6. The summed E-state index contributed by atoms with van der Waals surface area (Å²) in [7, 11) is 0. The zero-order chi connectivity index (χ0) is 38.4. The summed E-state index contributed by atoms with van der Waals surface area (Å²) < 4.78 is 13.1. The molecule has 0 saturated carbocycles. The lowest BCUT2D eigenvalue weighted by atomic mass is 9.77. The lowest BCUT2D eigenvalue weighted by Crippen LogP contribution is -2.48. The molecule has 0 bridgehead atoms. The summed E-state index contributed by atoms with van der Waals surface area (Å²) in [5.74, 6) is 0.0185. The molecular weight excluding hydrogens is 679 g/mol. The van der Waals surface area contributed by atoms with Crippen LogP contribution < -0.4 is 20.7 Å². The van der Waals surface area contributed by atoms with Gasteiger partial charge in [0.15, 0.2) is 0 Å². The minimum atomic E-state index is -0.946. The van der Waals surface area contributed by atoms with Gasteiger partial charge in [-0.2, -0.15) is 0 Å². The molecule has 0 aliphatic rings. The predicted molar refractivity (Wildman–Crippen MR) is 210 cm³/mol. The minimum Gasteiger partial charge on any atom is -0.494 e. The average molecular weight is 730 g/mol. The molecule has 10 heteroatoms. The van der Waals surface area contributed by atoms with Gasteiger partial charge in [0.1, 0.15) is 22.9 Å². The number of hydrogen-bond acceptors (Lipinski definition) is 6. The van der Waals surface area contributed by atoms with E-state index >= 15 is 0 Å². The fourth-order valence-electron chi connectivity index (χ4n) is 6.27. The molecule has 5 aromatic rings. The second kappa shape index (κ2) is 18.7. The second-order valence-corrected chi connectivity index (χ2v) is 14.1. The molecule has 0 saturated heterocycles. The molecule has 0 aliphatic carbocycles. The van der Waals surface area contributed by atoms with Crippen LogP contribution in [0.1, 0.15) is 74.9 Å². The fourth-order valence-corrected chi connectivity index (χ4v) is 6.27. The highest BCUT2D eigenvalue weighted by molar-refractivity contribution is 5.88. The molecule has 1 aromatic heterocycles. The third-order valence-corrected chi connectivity index (χ3v) is 8.84. The van der Waals surface area contributed by atoms with Gasteiger partial charge in [-0.25, -0.2) is 9.78 Å². The number of imidazole rings is 1. The molecule has 10 nitrogen and oxygen atoms in total. The first-order chi connectivity index (χ1) is 26.1. The van der Waals surface area contributed by atoms with Crippen LogP contribution in [0.25, 0.3) is 0 Å². The molecule has 1 heterocycles. The Balaban J connectivity index is 1.40. The summed E-state index contributed by atoms with van der Waals surface area (Å²) in [6.45, 7) is 8.37. The molecule has 0 radical (unpaired) electrons. The molecule has 0 aliphatic heterocycles. The number of alkyl carbamates (subject to hydrolysis) is 1. The van der Waals surface area contributed by atoms with E-state index in [4.69, 9.17) is 14.5 Å². The van der Waals surface area contributed by atoms with Crippen LogP contribution in [0.5, 0.6) is 5.75 Å². The number of benzene rings is 4. The fraction of sp³-hybridized carbons (Fsp3) is 0.318. The van der Waals surface area contributed by atoms with Crippen LogP contribution in [-0.4, -0.2) is 52.3 Å². The molecule has 3 N–H and O–H groups in total. The van der Waals surface area contributed by atoms with Crippen LogP contribution in [0.4, 0.5) is 4.79 Å². The molecule has 5 rings (SSSR count). The van der Waals surface area contributed by atoms with Gasteiger partial charge >= 0.3 is 6.09 Å². The Hall–Kier alpha value is -5.90. The van der Waals surface area contributed by atoms with Crippen molar-refractivity contribution in [3.05, 3.63) is 156 Å². The van der Waals surface area contributed by atoms with Gasteiger partial charge in [0.05, 0.1) is 18.6 Å². The van der Waals surface area contributed by atoms with E-state index in [1.54, 1.807) is 27.1 Å². The van der Waals surface area contributed by atoms with Crippen molar-refractivity contribution in [3.8, 4) is 5.75 Å². The molecule has 0 spiro atoms. The summed E-state index contributed by atoms with van der Waals surface area (Å²) >= 11 is 0. The molecule has 4 aromatic carbocycles. The van der Waals surface area contributed by atoms with Gasteiger partial charge in [-0.3, -0.25) is 9.59 Å². The van der Waals surface area contributed by atoms with Crippen molar-refractivity contribution in [2.45, 2.75) is 77.1 Å².